The Kier molecular flexibility index (Phi) is 3.49. The maximum Gasteiger partial charge on any atom is 0.241 e. The summed E-state index contributed by atoms with van der Waals surface area (Å²) in [7, 11) is -3.58. The monoisotopic (exact) mass is 447 g/mol. The number of thiazole rings is 1. The molecule has 2 aromatic rings. The van der Waals surface area contributed by atoms with E-state index in [0.29, 0.717) is 5.52 Å². The summed E-state index contributed by atoms with van der Waals surface area (Å²) < 4.78 is 23.6. The number of hydrogen-bond donors (Lipinski definition) is 0. The lowest BCUT2D eigenvalue weighted by molar-refractivity contribution is 0.598. The molecule has 16 heavy (non-hydrogen) atoms. The number of alkyl halides is 3. The molecule has 0 aliphatic heterocycles. The van der Waals surface area contributed by atoms with Crippen LogP contribution in [-0.2, 0) is 9.84 Å². The average molecular weight is 450 g/mol. The Morgan fingerprint density at radius 3 is 2.38 bits per heavy atom. The van der Waals surface area contributed by atoms with Gasteiger partial charge in [-0.3, -0.25) is 0 Å². The lowest BCUT2D eigenvalue weighted by atomic mass is 10.3. The Morgan fingerprint density at radius 2 is 1.81 bits per heavy atom. The van der Waals surface area contributed by atoms with Gasteiger partial charge < -0.3 is 0 Å². The highest BCUT2D eigenvalue weighted by Gasteiger charge is 2.39. The van der Waals surface area contributed by atoms with Gasteiger partial charge in [-0.2, -0.15) is 0 Å². The zero-order valence-electron chi connectivity index (χ0n) is 7.52. The molecule has 0 amide bonds. The minimum absolute atomic E-state index is 0.0688. The van der Waals surface area contributed by atoms with Crippen molar-refractivity contribution in [2.75, 3.05) is 0 Å². The first-order chi connectivity index (χ1) is 7.32. The van der Waals surface area contributed by atoms with E-state index in [-0.39, 0.29) is 4.34 Å². The van der Waals surface area contributed by atoms with E-state index in [1.54, 1.807) is 6.07 Å². The van der Waals surface area contributed by atoms with E-state index < -0.39 is 11.3 Å². The van der Waals surface area contributed by atoms with Gasteiger partial charge in [-0.05, 0) is 59.9 Å². The van der Waals surface area contributed by atoms with Crippen LogP contribution < -0.4 is 0 Å². The zero-order chi connectivity index (χ0) is 12.0. The van der Waals surface area contributed by atoms with Crippen LogP contribution in [0.5, 0.6) is 0 Å². The van der Waals surface area contributed by atoms with Gasteiger partial charge in [0.1, 0.15) is 0 Å². The molecular formula is C8H4Br3NO2S2. The van der Waals surface area contributed by atoms with E-state index in [4.69, 9.17) is 0 Å². The molecule has 0 saturated carbocycles. The van der Waals surface area contributed by atoms with E-state index in [2.05, 4.69) is 52.8 Å². The summed E-state index contributed by atoms with van der Waals surface area (Å²) in [6.45, 7) is 0. The maximum atomic E-state index is 12.0. The molecule has 0 spiro atoms. The first-order valence-corrected chi connectivity index (χ1v) is 8.67. The second-order valence-corrected chi connectivity index (χ2v) is 14.5. The maximum absolute atomic E-state index is 12.0. The minimum atomic E-state index is -3.58. The molecule has 86 valence electrons. The van der Waals surface area contributed by atoms with Crippen molar-refractivity contribution in [1.29, 1.82) is 0 Å². The molecule has 0 N–H and O–H groups in total. The molecule has 1 aromatic heterocycles. The van der Waals surface area contributed by atoms with Gasteiger partial charge in [-0.25, -0.2) is 13.4 Å². The van der Waals surface area contributed by atoms with Crippen molar-refractivity contribution in [3.8, 4) is 0 Å². The second kappa shape index (κ2) is 4.31. The van der Waals surface area contributed by atoms with Gasteiger partial charge >= 0.3 is 0 Å². The molecule has 0 aliphatic carbocycles. The van der Waals surface area contributed by atoms with Crippen LogP contribution >= 0.6 is 59.1 Å². The lowest BCUT2D eigenvalue weighted by Crippen LogP contribution is -2.17. The van der Waals surface area contributed by atoms with Crippen LogP contribution in [0.4, 0.5) is 0 Å². The zero-order valence-corrected chi connectivity index (χ0v) is 13.9. The summed E-state index contributed by atoms with van der Waals surface area (Å²) in [5.41, 5.74) is 0.683. The van der Waals surface area contributed by atoms with Crippen LogP contribution in [0.2, 0.25) is 0 Å². The summed E-state index contributed by atoms with van der Waals surface area (Å²) in [4.78, 5) is 4.09. The quantitative estimate of drug-likeness (QED) is 0.621. The first kappa shape index (κ1) is 12.9. The average Bonchev–Trinajstić information content (AvgIpc) is 2.59. The van der Waals surface area contributed by atoms with Gasteiger partial charge in [-0.15, -0.1) is 11.3 Å². The number of hydrogen-bond acceptors (Lipinski definition) is 4. The molecule has 0 bridgehead atoms. The van der Waals surface area contributed by atoms with Crippen LogP contribution in [0.25, 0.3) is 10.2 Å². The highest BCUT2D eigenvalue weighted by molar-refractivity contribution is 9.42. The number of aromatic nitrogens is 1. The molecule has 0 atom stereocenters. The van der Waals surface area contributed by atoms with Crippen molar-refractivity contribution in [2.45, 2.75) is 5.81 Å². The molecule has 1 heterocycles. The van der Waals surface area contributed by atoms with E-state index in [1.165, 1.54) is 0 Å². The SMILES string of the molecule is O=S(=O)(c1nc2ccccc2s1)C(Br)(Br)Br. The van der Waals surface area contributed by atoms with Crippen molar-refractivity contribution in [3.05, 3.63) is 24.3 Å². The molecule has 3 nitrogen and oxygen atoms in total. The highest BCUT2D eigenvalue weighted by Crippen LogP contribution is 2.44. The number of rotatable bonds is 1. The van der Waals surface area contributed by atoms with Crippen molar-refractivity contribution < 1.29 is 8.42 Å². The van der Waals surface area contributed by atoms with E-state index in [1.807, 2.05) is 18.2 Å². The molecule has 0 radical (unpaired) electrons. The Bertz CT molecular complexity index is 597. The van der Waals surface area contributed by atoms with Gasteiger partial charge in [0.15, 0.2) is 0 Å². The fourth-order valence-corrected chi connectivity index (χ4v) is 5.61. The molecule has 0 aliphatic rings. The summed E-state index contributed by atoms with van der Waals surface area (Å²) >= 11 is 10.2. The fraction of sp³-hybridized carbons (Fsp3) is 0.125. The summed E-state index contributed by atoms with van der Waals surface area (Å²) in [6, 6.07) is 7.29. The number of nitrogens with zero attached hydrogens (tertiary/aromatic N) is 1. The van der Waals surface area contributed by atoms with Gasteiger partial charge in [0.25, 0.3) is 0 Å². The number of fused-ring (bicyclic) bond motifs is 1. The molecule has 0 unspecified atom stereocenters. The van der Waals surface area contributed by atoms with Crippen LogP contribution in [-0.4, -0.2) is 14.9 Å². The summed E-state index contributed by atoms with van der Waals surface area (Å²) in [6.07, 6.45) is 0. The molecule has 0 saturated heterocycles. The molecular weight excluding hydrogens is 446 g/mol. The Morgan fingerprint density at radius 1 is 1.19 bits per heavy atom. The van der Waals surface area contributed by atoms with Crippen LogP contribution in [0.15, 0.2) is 28.6 Å². The molecule has 2 rings (SSSR count). The highest BCUT2D eigenvalue weighted by atomic mass is 80.0. The van der Waals surface area contributed by atoms with Gasteiger partial charge in [0.2, 0.25) is 15.7 Å². The van der Waals surface area contributed by atoms with Crippen LogP contribution in [0, 0.1) is 0 Å². The van der Waals surface area contributed by atoms with Gasteiger partial charge in [-0.1, -0.05) is 12.1 Å². The Balaban J connectivity index is 2.66. The molecule has 1 aromatic carbocycles. The smallest absolute Gasteiger partial charge is 0.225 e. The van der Waals surface area contributed by atoms with E-state index >= 15 is 0 Å². The predicted octanol–water partition coefficient (Wildman–Crippen LogP) is 3.87. The van der Waals surface area contributed by atoms with E-state index in [9.17, 15) is 8.42 Å². The normalized spacial score (nSPS) is 13.2. The Labute approximate surface area is 122 Å². The minimum Gasteiger partial charge on any atom is -0.225 e. The lowest BCUT2D eigenvalue weighted by Gasteiger charge is -2.09. The second-order valence-electron chi connectivity index (χ2n) is 2.90. The van der Waals surface area contributed by atoms with Crippen molar-refractivity contribution in [2.24, 2.45) is 0 Å². The largest absolute Gasteiger partial charge is 0.241 e. The number of sulfone groups is 1. The number of para-hydroxylation sites is 1. The fourth-order valence-electron chi connectivity index (χ4n) is 1.07. The first-order valence-electron chi connectivity index (χ1n) is 3.99. The predicted molar refractivity (Wildman–Crippen MR) is 76.3 cm³/mol. The topological polar surface area (TPSA) is 47.0 Å². The van der Waals surface area contributed by atoms with Gasteiger partial charge in [0.05, 0.1) is 10.2 Å². The number of benzene rings is 1. The third-order valence-corrected chi connectivity index (χ3v) is 8.54. The van der Waals surface area contributed by atoms with Crippen LogP contribution in [0.3, 0.4) is 0 Å². The number of halogens is 3. The Hall–Kier alpha value is 0.500. The molecule has 8 heteroatoms. The van der Waals surface area contributed by atoms with Crippen molar-refractivity contribution in [1.82, 2.24) is 4.98 Å². The summed E-state index contributed by atoms with van der Waals surface area (Å²) in [5, 5.41) is 0. The van der Waals surface area contributed by atoms with E-state index in [0.717, 1.165) is 16.0 Å². The third-order valence-electron chi connectivity index (χ3n) is 1.81. The van der Waals surface area contributed by atoms with Crippen molar-refractivity contribution in [3.63, 3.8) is 0 Å². The summed E-state index contributed by atoms with van der Waals surface area (Å²) in [5.74, 6) is 0. The third kappa shape index (κ3) is 2.22. The van der Waals surface area contributed by atoms with Crippen LogP contribution in [0.1, 0.15) is 0 Å². The molecule has 0 fully saturated rings. The van der Waals surface area contributed by atoms with Crippen molar-refractivity contribution >= 4 is 79.2 Å². The van der Waals surface area contributed by atoms with Gasteiger partial charge in [0, 0.05) is 0 Å². The standard InChI is InChI=1S/C8H4Br3NO2S2/c9-8(10,11)16(13,14)7-12-5-3-1-2-4-6(5)15-7/h1-4H.